The van der Waals surface area contributed by atoms with Gasteiger partial charge in [0.05, 0.1) is 25.2 Å². The minimum Gasteiger partial charge on any atom is -0.469 e. The number of hydrogen-bond acceptors (Lipinski definition) is 4. The zero-order valence-electron chi connectivity index (χ0n) is 10.5. The van der Waals surface area contributed by atoms with Gasteiger partial charge >= 0.3 is 5.97 Å². The maximum atomic E-state index is 11.5. The van der Waals surface area contributed by atoms with E-state index < -0.39 is 0 Å². The Labute approximate surface area is 97.7 Å². The first kappa shape index (κ1) is 13.5. The van der Waals surface area contributed by atoms with E-state index in [1.165, 1.54) is 13.5 Å². The molecule has 2 unspecified atom stereocenters. The van der Waals surface area contributed by atoms with Crippen LogP contribution in [0.25, 0.3) is 0 Å². The van der Waals surface area contributed by atoms with E-state index in [9.17, 15) is 4.79 Å². The summed E-state index contributed by atoms with van der Waals surface area (Å²) in [5, 5.41) is 3.44. The van der Waals surface area contributed by atoms with Crippen molar-refractivity contribution in [3.8, 4) is 0 Å². The predicted octanol–water partition coefficient (Wildman–Crippen LogP) is 1.49. The van der Waals surface area contributed by atoms with Crippen molar-refractivity contribution in [3.63, 3.8) is 0 Å². The summed E-state index contributed by atoms with van der Waals surface area (Å²) in [5.41, 5.74) is -0.227. The van der Waals surface area contributed by atoms with Crippen molar-refractivity contribution in [3.05, 3.63) is 0 Å². The van der Waals surface area contributed by atoms with E-state index in [4.69, 9.17) is 9.47 Å². The van der Waals surface area contributed by atoms with Crippen LogP contribution >= 0.6 is 0 Å². The summed E-state index contributed by atoms with van der Waals surface area (Å²) in [6.45, 7) is 2.90. The second-order valence-corrected chi connectivity index (χ2v) is 4.41. The van der Waals surface area contributed by atoms with Crippen LogP contribution in [-0.4, -0.2) is 38.4 Å². The molecule has 0 aliphatic heterocycles. The van der Waals surface area contributed by atoms with Crippen molar-refractivity contribution >= 4 is 5.97 Å². The molecule has 4 heteroatoms. The third-order valence-electron chi connectivity index (χ3n) is 3.46. The first-order valence-corrected chi connectivity index (χ1v) is 6.03. The van der Waals surface area contributed by atoms with Gasteiger partial charge in [-0.3, -0.25) is 4.79 Å². The standard InChI is InChI=1S/C12H23NO3/c1-4-13-12(9-11(14)16-3)8-6-5-7-10(12)15-2/h10,13H,4-9H2,1-3H3. The number of carbonyl (C=O) groups is 1. The zero-order chi connectivity index (χ0) is 12.0. The van der Waals surface area contributed by atoms with Crippen LogP contribution in [0.1, 0.15) is 39.0 Å². The Morgan fingerprint density at radius 2 is 2.19 bits per heavy atom. The van der Waals surface area contributed by atoms with E-state index >= 15 is 0 Å². The monoisotopic (exact) mass is 229 g/mol. The molecule has 0 bridgehead atoms. The van der Waals surface area contributed by atoms with Gasteiger partial charge in [-0.05, 0) is 19.4 Å². The fraction of sp³-hybridized carbons (Fsp3) is 0.917. The van der Waals surface area contributed by atoms with Gasteiger partial charge in [-0.2, -0.15) is 0 Å². The molecular weight excluding hydrogens is 206 g/mol. The average Bonchev–Trinajstić information content (AvgIpc) is 2.30. The Morgan fingerprint density at radius 3 is 2.75 bits per heavy atom. The summed E-state index contributed by atoms with van der Waals surface area (Å²) >= 11 is 0. The van der Waals surface area contributed by atoms with E-state index in [0.29, 0.717) is 6.42 Å². The molecule has 0 radical (unpaired) electrons. The Morgan fingerprint density at radius 1 is 1.44 bits per heavy atom. The van der Waals surface area contributed by atoms with Crippen LogP contribution in [0.2, 0.25) is 0 Å². The van der Waals surface area contributed by atoms with Gasteiger partial charge in [0.25, 0.3) is 0 Å². The lowest BCUT2D eigenvalue weighted by molar-refractivity contribution is -0.145. The van der Waals surface area contributed by atoms with Gasteiger partial charge in [-0.1, -0.05) is 19.8 Å². The molecule has 1 aliphatic carbocycles. The SMILES string of the molecule is CCNC1(CC(=O)OC)CCCCC1OC. The number of carbonyl (C=O) groups excluding carboxylic acids is 1. The zero-order valence-corrected chi connectivity index (χ0v) is 10.5. The van der Waals surface area contributed by atoms with Crippen LogP contribution < -0.4 is 5.32 Å². The van der Waals surface area contributed by atoms with Gasteiger partial charge in [0.1, 0.15) is 0 Å². The number of hydrogen-bond donors (Lipinski definition) is 1. The highest BCUT2D eigenvalue weighted by molar-refractivity contribution is 5.71. The molecule has 1 aliphatic rings. The van der Waals surface area contributed by atoms with E-state index in [-0.39, 0.29) is 17.6 Å². The van der Waals surface area contributed by atoms with Crippen LogP contribution in [0.15, 0.2) is 0 Å². The molecule has 0 aromatic heterocycles. The van der Waals surface area contributed by atoms with Crippen molar-refractivity contribution in [1.29, 1.82) is 0 Å². The molecule has 1 N–H and O–H groups in total. The van der Waals surface area contributed by atoms with Gasteiger partial charge < -0.3 is 14.8 Å². The summed E-state index contributed by atoms with van der Waals surface area (Å²) in [7, 11) is 3.16. The van der Waals surface area contributed by atoms with Crippen LogP contribution in [0.5, 0.6) is 0 Å². The highest BCUT2D eigenvalue weighted by Gasteiger charge is 2.42. The van der Waals surface area contributed by atoms with Crippen LogP contribution in [0.3, 0.4) is 0 Å². The molecular formula is C12H23NO3. The molecule has 0 aromatic rings. The van der Waals surface area contributed by atoms with Gasteiger partial charge in [-0.15, -0.1) is 0 Å². The lowest BCUT2D eigenvalue weighted by atomic mass is 9.76. The molecule has 1 fully saturated rings. The topological polar surface area (TPSA) is 47.6 Å². The summed E-state index contributed by atoms with van der Waals surface area (Å²) < 4.78 is 10.3. The minimum atomic E-state index is -0.227. The molecule has 0 aromatic carbocycles. The Hall–Kier alpha value is -0.610. The van der Waals surface area contributed by atoms with E-state index in [1.54, 1.807) is 7.11 Å². The number of nitrogens with one attached hydrogen (secondary N) is 1. The fourth-order valence-electron chi connectivity index (χ4n) is 2.70. The summed E-state index contributed by atoms with van der Waals surface area (Å²) in [6, 6.07) is 0. The maximum Gasteiger partial charge on any atom is 0.307 e. The van der Waals surface area contributed by atoms with Gasteiger partial charge in [0, 0.05) is 7.11 Å². The maximum absolute atomic E-state index is 11.5. The highest BCUT2D eigenvalue weighted by atomic mass is 16.5. The van der Waals surface area contributed by atoms with E-state index in [1.807, 2.05) is 0 Å². The Kier molecular flexibility index (Phi) is 5.22. The molecule has 0 heterocycles. The second-order valence-electron chi connectivity index (χ2n) is 4.41. The summed E-state index contributed by atoms with van der Waals surface area (Å²) in [5.74, 6) is -0.162. The first-order chi connectivity index (χ1) is 7.68. The lowest BCUT2D eigenvalue weighted by Gasteiger charge is -2.43. The first-order valence-electron chi connectivity index (χ1n) is 6.03. The summed E-state index contributed by atoms with van der Waals surface area (Å²) in [4.78, 5) is 11.5. The van der Waals surface area contributed by atoms with Crippen LogP contribution in [0.4, 0.5) is 0 Å². The lowest BCUT2D eigenvalue weighted by Crippen LogP contribution is -2.58. The van der Waals surface area contributed by atoms with E-state index in [2.05, 4.69) is 12.2 Å². The molecule has 16 heavy (non-hydrogen) atoms. The number of likely N-dealkylation sites (N-methyl/N-ethyl adjacent to an activating group) is 1. The van der Waals surface area contributed by atoms with Gasteiger partial charge in [-0.25, -0.2) is 0 Å². The highest BCUT2D eigenvalue weighted by Crippen LogP contribution is 2.33. The molecule has 0 saturated heterocycles. The minimum absolute atomic E-state index is 0.111. The molecule has 2 atom stereocenters. The molecule has 0 spiro atoms. The summed E-state index contributed by atoms with van der Waals surface area (Å²) in [6.07, 6.45) is 4.82. The fourth-order valence-corrected chi connectivity index (χ4v) is 2.70. The van der Waals surface area contributed by atoms with Crippen molar-refractivity contribution < 1.29 is 14.3 Å². The third-order valence-corrected chi connectivity index (χ3v) is 3.46. The number of ether oxygens (including phenoxy) is 2. The normalized spacial score (nSPS) is 30.1. The third kappa shape index (κ3) is 2.95. The predicted molar refractivity (Wildman–Crippen MR) is 62.3 cm³/mol. The van der Waals surface area contributed by atoms with E-state index in [0.717, 1.165) is 25.8 Å². The smallest absolute Gasteiger partial charge is 0.307 e. The Balaban J connectivity index is 2.78. The molecule has 1 rings (SSSR count). The van der Waals surface area contributed by atoms with Crippen molar-refractivity contribution in [1.82, 2.24) is 5.32 Å². The number of esters is 1. The Bertz CT molecular complexity index is 228. The van der Waals surface area contributed by atoms with Crippen LogP contribution in [0, 0.1) is 0 Å². The molecule has 0 amide bonds. The second kappa shape index (κ2) is 6.21. The van der Waals surface area contributed by atoms with Crippen molar-refractivity contribution in [2.45, 2.75) is 50.7 Å². The molecule has 94 valence electrons. The average molecular weight is 229 g/mol. The number of rotatable bonds is 5. The van der Waals surface area contributed by atoms with Crippen LogP contribution in [-0.2, 0) is 14.3 Å². The molecule has 1 saturated carbocycles. The van der Waals surface area contributed by atoms with Crippen molar-refractivity contribution in [2.75, 3.05) is 20.8 Å². The number of methoxy groups -OCH3 is 2. The van der Waals surface area contributed by atoms with Gasteiger partial charge in [0.2, 0.25) is 0 Å². The van der Waals surface area contributed by atoms with Crippen molar-refractivity contribution in [2.24, 2.45) is 0 Å². The van der Waals surface area contributed by atoms with Gasteiger partial charge in [0.15, 0.2) is 0 Å². The largest absolute Gasteiger partial charge is 0.469 e. The quantitative estimate of drug-likeness (QED) is 0.726. The molecule has 4 nitrogen and oxygen atoms in total.